The second-order valence-corrected chi connectivity index (χ2v) is 2.48. The summed E-state index contributed by atoms with van der Waals surface area (Å²) in [5.74, 6) is 1.37. The Kier molecular flexibility index (Phi) is 1.66. The summed E-state index contributed by atoms with van der Waals surface area (Å²) in [6.45, 7) is 1.79. The van der Waals surface area contributed by atoms with Crippen LogP contribution in [0.3, 0.4) is 0 Å². The average Bonchev–Trinajstić information content (AvgIpc) is 2.47. The number of hydrogen-bond donors (Lipinski definition) is 1. The van der Waals surface area contributed by atoms with Crippen LogP contribution in [0.1, 0.15) is 5.82 Å². The van der Waals surface area contributed by atoms with Crippen LogP contribution in [0.4, 0.5) is 5.95 Å². The Bertz CT molecular complexity index is 406. The summed E-state index contributed by atoms with van der Waals surface area (Å²) in [6.07, 6.45) is 3.28. The van der Waals surface area contributed by atoms with Crippen molar-refractivity contribution in [2.75, 3.05) is 5.73 Å². The van der Waals surface area contributed by atoms with Crippen LogP contribution >= 0.6 is 0 Å². The molecule has 0 saturated heterocycles. The topological polar surface area (TPSA) is 82.5 Å². The SMILES string of the molecule is Cc1nc(N)nn1-c1ncccn1. The van der Waals surface area contributed by atoms with E-state index in [4.69, 9.17) is 5.73 Å². The molecule has 0 aromatic carbocycles. The average molecular weight is 176 g/mol. The Morgan fingerprint density at radius 3 is 2.54 bits per heavy atom. The molecule has 0 aliphatic carbocycles. The number of hydrogen-bond acceptors (Lipinski definition) is 5. The first-order valence-corrected chi connectivity index (χ1v) is 3.74. The van der Waals surface area contributed by atoms with Crippen molar-refractivity contribution in [3.8, 4) is 5.95 Å². The minimum atomic E-state index is 0.227. The highest BCUT2D eigenvalue weighted by atomic mass is 15.4. The van der Waals surface area contributed by atoms with Crippen LogP contribution in [-0.4, -0.2) is 24.7 Å². The minimum absolute atomic E-state index is 0.227. The van der Waals surface area contributed by atoms with Gasteiger partial charge in [-0.05, 0) is 13.0 Å². The van der Waals surface area contributed by atoms with Crippen molar-refractivity contribution in [1.29, 1.82) is 0 Å². The molecule has 0 aliphatic rings. The molecule has 0 saturated carbocycles. The van der Waals surface area contributed by atoms with Gasteiger partial charge in [0.2, 0.25) is 5.95 Å². The maximum Gasteiger partial charge on any atom is 0.252 e. The van der Waals surface area contributed by atoms with Crippen LogP contribution in [0.5, 0.6) is 0 Å². The fourth-order valence-corrected chi connectivity index (χ4v) is 1.00. The first-order chi connectivity index (χ1) is 6.27. The zero-order valence-corrected chi connectivity index (χ0v) is 7.05. The maximum atomic E-state index is 5.42. The van der Waals surface area contributed by atoms with Gasteiger partial charge in [-0.25, -0.2) is 9.97 Å². The third-order valence-electron chi connectivity index (χ3n) is 1.53. The number of rotatable bonds is 1. The van der Waals surface area contributed by atoms with Crippen molar-refractivity contribution in [3.63, 3.8) is 0 Å². The lowest BCUT2D eigenvalue weighted by Gasteiger charge is -1.97. The molecule has 0 unspecified atom stereocenters. The van der Waals surface area contributed by atoms with Gasteiger partial charge in [-0.3, -0.25) is 0 Å². The lowest BCUT2D eigenvalue weighted by Crippen LogP contribution is -2.04. The van der Waals surface area contributed by atoms with Gasteiger partial charge >= 0.3 is 0 Å². The van der Waals surface area contributed by atoms with E-state index in [1.54, 1.807) is 25.4 Å². The highest BCUT2D eigenvalue weighted by Gasteiger charge is 2.06. The highest BCUT2D eigenvalue weighted by Crippen LogP contribution is 2.03. The minimum Gasteiger partial charge on any atom is -0.366 e. The van der Waals surface area contributed by atoms with E-state index in [2.05, 4.69) is 20.1 Å². The van der Waals surface area contributed by atoms with E-state index in [0.717, 1.165) is 0 Å². The van der Waals surface area contributed by atoms with Crippen LogP contribution < -0.4 is 5.73 Å². The second kappa shape index (κ2) is 2.81. The molecule has 0 amide bonds. The molecule has 0 aliphatic heterocycles. The molecule has 2 aromatic rings. The van der Waals surface area contributed by atoms with Gasteiger partial charge in [0.05, 0.1) is 0 Å². The van der Waals surface area contributed by atoms with Crippen LogP contribution in [0.15, 0.2) is 18.5 Å². The van der Waals surface area contributed by atoms with E-state index < -0.39 is 0 Å². The van der Waals surface area contributed by atoms with Crippen molar-refractivity contribution >= 4 is 5.95 Å². The van der Waals surface area contributed by atoms with E-state index in [9.17, 15) is 0 Å². The van der Waals surface area contributed by atoms with E-state index in [-0.39, 0.29) is 5.95 Å². The number of nitrogens with zero attached hydrogens (tertiary/aromatic N) is 5. The van der Waals surface area contributed by atoms with Crippen LogP contribution in [-0.2, 0) is 0 Å². The van der Waals surface area contributed by atoms with Crippen molar-refractivity contribution in [3.05, 3.63) is 24.3 Å². The van der Waals surface area contributed by atoms with E-state index >= 15 is 0 Å². The summed E-state index contributed by atoms with van der Waals surface area (Å²) in [4.78, 5) is 12.0. The van der Waals surface area contributed by atoms with E-state index in [0.29, 0.717) is 11.8 Å². The quantitative estimate of drug-likeness (QED) is 0.658. The second-order valence-electron chi connectivity index (χ2n) is 2.48. The Hall–Kier alpha value is -1.98. The summed E-state index contributed by atoms with van der Waals surface area (Å²) in [6, 6.07) is 1.74. The standard InChI is InChI=1S/C7H8N6/c1-5-11-6(8)12-13(5)7-9-3-2-4-10-7/h2-4H,1H3,(H2,8,12). The molecular weight excluding hydrogens is 168 g/mol. The normalized spacial score (nSPS) is 10.2. The first-order valence-electron chi connectivity index (χ1n) is 3.74. The van der Waals surface area contributed by atoms with Crippen molar-refractivity contribution < 1.29 is 0 Å². The molecule has 2 N–H and O–H groups in total. The molecule has 0 spiro atoms. The van der Waals surface area contributed by atoms with Crippen molar-refractivity contribution in [2.45, 2.75) is 6.92 Å². The molecule has 6 nitrogen and oxygen atoms in total. The van der Waals surface area contributed by atoms with Gasteiger partial charge in [-0.15, -0.1) is 5.10 Å². The van der Waals surface area contributed by atoms with Gasteiger partial charge in [0.1, 0.15) is 5.82 Å². The Labute approximate surface area is 74.5 Å². The smallest absolute Gasteiger partial charge is 0.252 e. The monoisotopic (exact) mass is 176 g/mol. The predicted molar refractivity (Wildman–Crippen MR) is 46.1 cm³/mol. The van der Waals surface area contributed by atoms with Crippen molar-refractivity contribution in [2.24, 2.45) is 0 Å². The summed E-state index contributed by atoms with van der Waals surface area (Å²) in [5, 5.41) is 3.94. The largest absolute Gasteiger partial charge is 0.366 e. The van der Waals surface area contributed by atoms with E-state index in [1.165, 1.54) is 4.68 Å². The zero-order chi connectivity index (χ0) is 9.26. The highest BCUT2D eigenvalue weighted by molar-refractivity contribution is 5.19. The molecule has 66 valence electrons. The number of aromatic nitrogens is 5. The van der Waals surface area contributed by atoms with Crippen LogP contribution in [0.25, 0.3) is 5.95 Å². The Morgan fingerprint density at radius 2 is 2.00 bits per heavy atom. The zero-order valence-electron chi connectivity index (χ0n) is 7.05. The number of aryl methyl sites for hydroxylation is 1. The van der Waals surface area contributed by atoms with Gasteiger partial charge in [0.25, 0.3) is 5.95 Å². The number of nitrogens with two attached hydrogens (primary N) is 1. The molecule has 6 heteroatoms. The molecule has 2 rings (SSSR count). The first kappa shape index (κ1) is 7.66. The molecular formula is C7H8N6. The van der Waals surface area contributed by atoms with Gasteiger partial charge < -0.3 is 5.73 Å². The van der Waals surface area contributed by atoms with Gasteiger partial charge in [-0.1, -0.05) is 0 Å². The van der Waals surface area contributed by atoms with Gasteiger partial charge in [0, 0.05) is 12.4 Å². The molecule has 2 aromatic heterocycles. The summed E-state index contributed by atoms with van der Waals surface area (Å²) in [7, 11) is 0. The fourth-order valence-electron chi connectivity index (χ4n) is 1.00. The molecule has 13 heavy (non-hydrogen) atoms. The fraction of sp³-hybridized carbons (Fsp3) is 0.143. The molecule has 0 fully saturated rings. The predicted octanol–water partition coefficient (Wildman–Crippen LogP) is -0.0521. The van der Waals surface area contributed by atoms with Crippen LogP contribution in [0.2, 0.25) is 0 Å². The third kappa shape index (κ3) is 1.33. The Morgan fingerprint density at radius 1 is 1.31 bits per heavy atom. The third-order valence-corrected chi connectivity index (χ3v) is 1.53. The van der Waals surface area contributed by atoms with Gasteiger partial charge in [0.15, 0.2) is 0 Å². The van der Waals surface area contributed by atoms with E-state index in [1.807, 2.05) is 0 Å². The lowest BCUT2D eigenvalue weighted by atomic mass is 10.6. The van der Waals surface area contributed by atoms with Gasteiger partial charge in [-0.2, -0.15) is 9.67 Å². The molecule has 2 heterocycles. The Balaban J connectivity index is 2.53. The molecule has 0 radical (unpaired) electrons. The molecule has 0 atom stereocenters. The number of anilines is 1. The van der Waals surface area contributed by atoms with Crippen molar-refractivity contribution in [1.82, 2.24) is 24.7 Å². The lowest BCUT2D eigenvalue weighted by molar-refractivity contribution is 0.780. The molecule has 0 bridgehead atoms. The number of nitrogen functional groups attached to an aromatic ring is 1. The summed E-state index contributed by atoms with van der Waals surface area (Å²) < 4.78 is 1.50. The summed E-state index contributed by atoms with van der Waals surface area (Å²) >= 11 is 0. The summed E-state index contributed by atoms with van der Waals surface area (Å²) in [5.41, 5.74) is 5.42. The van der Waals surface area contributed by atoms with Crippen LogP contribution in [0, 0.1) is 6.92 Å². The maximum absolute atomic E-state index is 5.42.